The second-order valence-electron chi connectivity index (χ2n) is 6.63. The lowest BCUT2D eigenvalue weighted by Gasteiger charge is -2.35. The number of ether oxygens (including phenoxy) is 1. The number of methoxy groups -OCH3 is 1. The van der Waals surface area contributed by atoms with Crippen molar-refractivity contribution in [2.24, 2.45) is 0 Å². The third kappa shape index (κ3) is 5.08. The van der Waals surface area contributed by atoms with E-state index in [0.29, 0.717) is 43.1 Å². The fraction of sp³-hybridized carbons (Fsp3) is 0.300. The molecule has 152 valence electrons. The van der Waals surface area contributed by atoms with Crippen LogP contribution in [0.3, 0.4) is 0 Å². The number of para-hydroxylation sites is 2. The Hall–Kier alpha value is -3.46. The van der Waals surface area contributed by atoms with Gasteiger partial charge in [0.15, 0.2) is 0 Å². The molecular formula is C20H22N4O5. The number of esters is 1. The van der Waals surface area contributed by atoms with Crippen LogP contribution >= 0.6 is 0 Å². The highest BCUT2D eigenvalue weighted by Gasteiger charge is 2.24. The molecule has 1 N–H and O–H groups in total. The predicted molar refractivity (Wildman–Crippen MR) is 108 cm³/mol. The van der Waals surface area contributed by atoms with Crippen LogP contribution in [0.15, 0.2) is 48.5 Å². The summed E-state index contributed by atoms with van der Waals surface area (Å²) in [5.74, 6) is -0.589. The fourth-order valence-corrected chi connectivity index (χ4v) is 3.24. The van der Waals surface area contributed by atoms with Crippen LogP contribution in [-0.2, 0) is 9.53 Å². The highest BCUT2D eigenvalue weighted by molar-refractivity contribution is 5.94. The lowest BCUT2D eigenvalue weighted by Crippen LogP contribution is -2.48. The van der Waals surface area contributed by atoms with Crippen LogP contribution in [0.2, 0.25) is 0 Å². The molecule has 0 aromatic heterocycles. The van der Waals surface area contributed by atoms with Gasteiger partial charge >= 0.3 is 5.97 Å². The number of carbonyl (C=O) groups excluding carboxylic acids is 2. The van der Waals surface area contributed by atoms with Gasteiger partial charge < -0.3 is 15.0 Å². The number of benzene rings is 2. The number of piperazine rings is 1. The summed E-state index contributed by atoms with van der Waals surface area (Å²) in [6.45, 7) is 2.68. The maximum atomic E-state index is 12.3. The number of nitro groups is 1. The summed E-state index contributed by atoms with van der Waals surface area (Å²) < 4.78 is 4.64. The molecule has 9 nitrogen and oxygen atoms in total. The van der Waals surface area contributed by atoms with Gasteiger partial charge in [-0.1, -0.05) is 12.1 Å². The van der Waals surface area contributed by atoms with Gasteiger partial charge in [0.1, 0.15) is 5.69 Å². The highest BCUT2D eigenvalue weighted by atomic mass is 16.6. The summed E-state index contributed by atoms with van der Waals surface area (Å²) in [6, 6.07) is 13.2. The Kier molecular flexibility index (Phi) is 6.40. The maximum absolute atomic E-state index is 12.3. The van der Waals surface area contributed by atoms with Gasteiger partial charge in [-0.05, 0) is 30.3 Å². The molecule has 1 heterocycles. The van der Waals surface area contributed by atoms with Crippen LogP contribution in [0.5, 0.6) is 0 Å². The van der Waals surface area contributed by atoms with Gasteiger partial charge in [-0.2, -0.15) is 0 Å². The summed E-state index contributed by atoms with van der Waals surface area (Å²) in [4.78, 5) is 38.6. The van der Waals surface area contributed by atoms with E-state index in [0.717, 1.165) is 0 Å². The Morgan fingerprint density at radius 2 is 1.72 bits per heavy atom. The number of amides is 1. The quantitative estimate of drug-likeness (QED) is 0.451. The van der Waals surface area contributed by atoms with Crippen molar-refractivity contribution in [3.63, 3.8) is 0 Å². The minimum atomic E-state index is -0.431. The first kappa shape index (κ1) is 20.3. The summed E-state index contributed by atoms with van der Waals surface area (Å²) >= 11 is 0. The number of nitro benzene ring substituents is 1. The van der Waals surface area contributed by atoms with Crippen molar-refractivity contribution < 1.29 is 19.2 Å². The standard InChI is InChI=1S/C20H22N4O5/c1-29-20(26)15-6-8-16(9-7-15)21-19(25)14-22-10-12-23(13-11-22)17-4-2-3-5-18(17)24(27)28/h2-9H,10-14H2,1H3,(H,21,25). The number of hydrogen-bond donors (Lipinski definition) is 1. The zero-order chi connectivity index (χ0) is 20.8. The third-order valence-corrected chi connectivity index (χ3v) is 4.75. The predicted octanol–water partition coefficient (Wildman–Crippen LogP) is 2.14. The molecule has 29 heavy (non-hydrogen) atoms. The van der Waals surface area contributed by atoms with Gasteiger partial charge in [-0.15, -0.1) is 0 Å². The Morgan fingerprint density at radius 3 is 2.34 bits per heavy atom. The molecule has 0 bridgehead atoms. The van der Waals surface area contributed by atoms with E-state index >= 15 is 0 Å². The number of nitrogens with one attached hydrogen (secondary N) is 1. The molecule has 1 aliphatic rings. The summed E-state index contributed by atoms with van der Waals surface area (Å²) in [5.41, 5.74) is 1.71. The van der Waals surface area contributed by atoms with Crippen molar-refractivity contribution in [2.45, 2.75) is 0 Å². The van der Waals surface area contributed by atoms with E-state index in [1.807, 2.05) is 9.80 Å². The molecule has 1 amide bonds. The van der Waals surface area contributed by atoms with Crippen LogP contribution in [-0.4, -0.2) is 61.5 Å². The average Bonchev–Trinajstić information content (AvgIpc) is 2.74. The van der Waals surface area contributed by atoms with Gasteiger partial charge in [-0.25, -0.2) is 4.79 Å². The van der Waals surface area contributed by atoms with Gasteiger partial charge in [0.2, 0.25) is 5.91 Å². The second kappa shape index (κ2) is 9.16. The molecule has 1 fully saturated rings. The van der Waals surface area contributed by atoms with E-state index in [-0.39, 0.29) is 23.1 Å². The fourth-order valence-electron chi connectivity index (χ4n) is 3.24. The normalized spacial score (nSPS) is 14.3. The summed E-state index contributed by atoms with van der Waals surface area (Å²) in [7, 11) is 1.31. The molecular weight excluding hydrogens is 376 g/mol. The lowest BCUT2D eigenvalue weighted by atomic mass is 10.2. The van der Waals surface area contributed by atoms with Crippen molar-refractivity contribution in [3.8, 4) is 0 Å². The van der Waals surface area contributed by atoms with Gasteiger partial charge in [0, 0.05) is 37.9 Å². The van der Waals surface area contributed by atoms with Crippen molar-refractivity contribution in [1.29, 1.82) is 0 Å². The van der Waals surface area contributed by atoms with Crippen molar-refractivity contribution >= 4 is 28.9 Å². The highest BCUT2D eigenvalue weighted by Crippen LogP contribution is 2.28. The van der Waals surface area contributed by atoms with Crippen LogP contribution in [0.25, 0.3) is 0 Å². The van der Waals surface area contributed by atoms with Crippen molar-refractivity contribution in [3.05, 3.63) is 64.2 Å². The monoisotopic (exact) mass is 398 g/mol. The zero-order valence-corrected chi connectivity index (χ0v) is 16.0. The molecule has 2 aromatic rings. The molecule has 0 spiro atoms. The molecule has 0 unspecified atom stereocenters. The number of rotatable bonds is 6. The molecule has 0 saturated carbocycles. The van der Waals surface area contributed by atoms with E-state index in [9.17, 15) is 19.7 Å². The Balaban J connectivity index is 1.51. The number of carbonyl (C=O) groups is 2. The first-order chi connectivity index (χ1) is 14.0. The Bertz CT molecular complexity index is 892. The van der Waals surface area contributed by atoms with E-state index in [1.54, 1.807) is 42.5 Å². The van der Waals surface area contributed by atoms with E-state index in [2.05, 4.69) is 10.1 Å². The second-order valence-corrected chi connectivity index (χ2v) is 6.63. The largest absolute Gasteiger partial charge is 0.465 e. The molecule has 0 aliphatic carbocycles. The first-order valence-corrected chi connectivity index (χ1v) is 9.17. The minimum absolute atomic E-state index is 0.0918. The zero-order valence-electron chi connectivity index (χ0n) is 16.0. The maximum Gasteiger partial charge on any atom is 0.337 e. The van der Waals surface area contributed by atoms with Crippen LogP contribution < -0.4 is 10.2 Å². The average molecular weight is 398 g/mol. The molecule has 3 rings (SSSR count). The SMILES string of the molecule is COC(=O)c1ccc(NC(=O)CN2CCN(c3ccccc3[N+](=O)[O-])CC2)cc1. The number of nitrogens with zero attached hydrogens (tertiary/aromatic N) is 3. The smallest absolute Gasteiger partial charge is 0.337 e. The molecule has 0 radical (unpaired) electrons. The Labute approximate surface area is 168 Å². The molecule has 2 aromatic carbocycles. The third-order valence-electron chi connectivity index (χ3n) is 4.75. The van der Waals surface area contributed by atoms with Gasteiger partial charge in [-0.3, -0.25) is 19.8 Å². The molecule has 1 aliphatic heterocycles. The van der Waals surface area contributed by atoms with Crippen molar-refractivity contribution in [2.75, 3.05) is 50.1 Å². The van der Waals surface area contributed by atoms with E-state index < -0.39 is 5.97 Å². The Morgan fingerprint density at radius 1 is 1.07 bits per heavy atom. The van der Waals surface area contributed by atoms with Crippen LogP contribution in [0.1, 0.15) is 10.4 Å². The van der Waals surface area contributed by atoms with E-state index in [1.165, 1.54) is 13.2 Å². The van der Waals surface area contributed by atoms with Gasteiger partial charge in [0.25, 0.3) is 5.69 Å². The summed E-state index contributed by atoms with van der Waals surface area (Å²) in [5, 5.41) is 14.0. The van der Waals surface area contributed by atoms with Crippen molar-refractivity contribution in [1.82, 2.24) is 4.90 Å². The molecule has 1 saturated heterocycles. The topological polar surface area (TPSA) is 105 Å². The van der Waals surface area contributed by atoms with E-state index in [4.69, 9.17) is 0 Å². The summed E-state index contributed by atoms with van der Waals surface area (Å²) in [6.07, 6.45) is 0. The van der Waals surface area contributed by atoms with Crippen LogP contribution in [0.4, 0.5) is 17.1 Å². The molecule has 0 atom stereocenters. The van der Waals surface area contributed by atoms with Gasteiger partial charge in [0.05, 0.1) is 24.1 Å². The molecule has 9 heteroatoms. The minimum Gasteiger partial charge on any atom is -0.465 e. The van der Waals surface area contributed by atoms with Crippen LogP contribution in [0, 0.1) is 10.1 Å². The lowest BCUT2D eigenvalue weighted by molar-refractivity contribution is -0.384. The number of anilines is 2. The first-order valence-electron chi connectivity index (χ1n) is 9.17. The number of hydrogen-bond acceptors (Lipinski definition) is 7.